The van der Waals surface area contributed by atoms with Gasteiger partial charge in [-0.2, -0.15) is 44.2 Å². The zero-order valence-electron chi connectivity index (χ0n) is 46.9. The van der Waals surface area contributed by atoms with Crippen molar-refractivity contribution in [2.45, 2.75) is 0 Å². The lowest BCUT2D eigenvalue weighted by atomic mass is 10.2. The molecule has 0 saturated heterocycles. The van der Waals surface area contributed by atoms with Gasteiger partial charge in [0.2, 0.25) is 34.9 Å². The van der Waals surface area contributed by atoms with Crippen LogP contribution in [0.5, 0.6) is 0 Å². The minimum Gasteiger partial charge on any atom is -0.228 e. The second kappa shape index (κ2) is 27.5. The molecule has 0 aromatic heterocycles. The van der Waals surface area contributed by atoms with Crippen molar-refractivity contribution < 1.29 is 132 Å². The highest BCUT2D eigenvalue weighted by atomic mass is 31.3. The molecule has 0 N–H and O–H groups in total. The number of hydrazone groups is 6. The predicted molar refractivity (Wildman–Crippen MR) is 278 cm³/mol. The number of hydrogen-bond acceptors (Lipinski definition) is 15. The number of nitrogens with zero attached hydrogens (tertiary/aromatic N) is 15. The summed E-state index contributed by atoms with van der Waals surface area (Å²) >= 11 is 0. The highest BCUT2D eigenvalue weighted by molar-refractivity contribution is 7.82. The fourth-order valence-electron chi connectivity index (χ4n) is 7.47. The Labute approximate surface area is 513 Å². The van der Waals surface area contributed by atoms with Crippen molar-refractivity contribution in [2.24, 2.45) is 44.2 Å². The molecule has 15 nitrogen and oxygen atoms in total. The smallest absolute Gasteiger partial charge is 0.228 e. The molecule has 0 amide bonds. The monoisotopic (exact) mass is 1470 g/mol. The van der Waals surface area contributed by atoms with E-state index in [9.17, 15) is 79.0 Å². The average molecular weight is 1470 g/mol. The van der Waals surface area contributed by atoms with Gasteiger partial charge < -0.3 is 0 Å². The molecular weight excluding hydrogens is 1450 g/mol. The molecule has 1 aliphatic rings. The predicted octanol–water partition coefficient (Wildman–Crippen LogP) is 15.8. The summed E-state index contributed by atoms with van der Waals surface area (Å²) in [4.78, 5) is 0. The molecule has 0 atom stereocenters. The molecule has 516 valence electrons. The molecule has 6 aromatic carbocycles. The standard InChI is InChI=1S/C48H24F30N15P3/c1-88(79-7-13-19(49)31(61)43(73)32(62)20(13)50)94(89(2)80-8-14-21(51)33(63)44(74)34(64)22(14)52)85-95(90(3)81-9-15-23(53)35(65)45(75)36(66)24(15)54,91(4)82-10-16-25(55)37(67)46(76)38(68)26(16)56)87-96(86-94,92(5)83-11-17-27(57)39(69)47(77)40(70)28(17)58)93(6)84-12-18-29(59)41(71)48(78)42(72)30(18)60/h7-12H,1-6H3/b79-7+,80-8+,81-9+,82-10+,83-11+,84-12+. The van der Waals surface area contributed by atoms with Crippen LogP contribution in [0.2, 0.25) is 0 Å². The second-order valence-corrected chi connectivity index (χ2v) is 27.0. The van der Waals surface area contributed by atoms with E-state index in [1.165, 1.54) is 0 Å². The first kappa shape index (κ1) is 74.1. The third kappa shape index (κ3) is 12.4. The summed E-state index contributed by atoms with van der Waals surface area (Å²) < 4.78 is 461. The average Bonchev–Trinajstić information content (AvgIpc) is 0.712. The molecular formula is C48H24F30N15P3. The van der Waals surface area contributed by atoms with Crippen molar-refractivity contribution in [3.63, 3.8) is 0 Å². The largest absolute Gasteiger partial charge is 0.304 e. The molecule has 7 rings (SSSR count). The van der Waals surface area contributed by atoms with Crippen LogP contribution >= 0.6 is 22.5 Å². The molecule has 0 spiro atoms. The van der Waals surface area contributed by atoms with Gasteiger partial charge in [-0.25, -0.2) is 160 Å². The fraction of sp³-hybridized carbons (Fsp3) is 0.125. The van der Waals surface area contributed by atoms with Crippen LogP contribution in [-0.4, -0.2) is 108 Å². The number of halogens is 30. The van der Waals surface area contributed by atoms with E-state index in [4.69, 9.17) is 0 Å². The maximum absolute atomic E-state index is 15.5. The van der Waals surface area contributed by atoms with Crippen LogP contribution in [0.4, 0.5) is 132 Å². The summed E-state index contributed by atoms with van der Waals surface area (Å²) in [6, 6.07) is 0. The van der Waals surface area contributed by atoms with E-state index >= 15 is 52.7 Å². The Hall–Kier alpha value is -9.27. The fourth-order valence-corrected chi connectivity index (χ4v) is 20.5. The number of rotatable bonds is 18. The molecule has 0 aliphatic carbocycles. The molecule has 0 radical (unpaired) electrons. The van der Waals surface area contributed by atoms with Gasteiger partial charge in [-0.05, 0) is 0 Å². The minimum absolute atomic E-state index is 0.147. The zero-order chi connectivity index (χ0) is 72.4. The van der Waals surface area contributed by atoms with Crippen molar-refractivity contribution in [1.29, 1.82) is 0 Å². The topological polar surface area (TPSA) is 131 Å². The van der Waals surface area contributed by atoms with Crippen LogP contribution in [0.15, 0.2) is 44.2 Å². The molecule has 1 aliphatic heterocycles. The molecule has 0 bridgehead atoms. The van der Waals surface area contributed by atoms with Gasteiger partial charge in [0.25, 0.3) is 0 Å². The number of hydrogen-bond donors (Lipinski definition) is 0. The van der Waals surface area contributed by atoms with E-state index in [-0.39, 0.29) is 28.7 Å². The lowest BCUT2D eigenvalue weighted by Crippen LogP contribution is -2.29. The molecule has 0 unspecified atom stereocenters. The highest BCUT2D eigenvalue weighted by Gasteiger charge is 2.51. The van der Waals surface area contributed by atoms with Crippen LogP contribution in [0, 0.1) is 175 Å². The molecule has 0 saturated carbocycles. The van der Waals surface area contributed by atoms with Gasteiger partial charge in [0.15, 0.2) is 140 Å². The van der Waals surface area contributed by atoms with Crippen molar-refractivity contribution in [3.8, 4) is 0 Å². The Morgan fingerprint density at radius 3 is 0.354 bits per heavy atom. The third-order valence-corrected chi connectivity index (χ3v) is 23.7. The molecule has 0 fully saturated rings. The molecule has 6 aromatic rings. The Morgan fingerprint density at radius 2 is 0.260 bits per heavy atom. The van der Waals surface area contributed by atoms with E-state index in [0.717, 1.165) is 0 Å². The van der Waals surface area contributed by atoms with Gasteiger partial charge in [0.05, 0.1) is 70.7 Å². The Balaban J connectivity index is 1.82. The lowest BCUT2D eigenvalue weighted by molar-refractivity contribution is 0.377. The summed E-state index contributed by atoms with van der Waals surface area (Å²) in [6.45, 7) is 0. The van der Waals surface area contributed by atoms with Crippen molar-refractivity contribution in [3.05, 3.63) is 208 Å². The normalized spacial score (nSPS) is 14.5. The van der Waals surface area contributed by atoms with Gasteiger partial charge in [0.1, 0.15) is 0 Å². The quantitative estimate of drug-likeness (QED) is 0.0210. The molecule has 1 heterocycles. The second-order valence-electron chi connectivity index (χ2n) is 18.2. The summed E-state index contributed by atoms with van der Waals surface area (Å²) in [5, 5.41) is 21.1. The first-order valence-corrected chi connectivity index (χ1v) is 29.0. The minimum atomic E-state index is -6.20. The number of benzene rings is 6. The Morgan fingerprint density at radius 1 is 0.177 bits per heavy atom. The SMILES string of the molecule is CN(/N=C/c1c(F)c(F)c(F)c(F)c1F)P1(N(C)/N=C/c2c(F)c(F)c(F)c(F)c2F)=NP(N(C)/N=C/c2c(F)c(F)c(F)c(F)c2F)(N(C)/N=C/c2c(F)c(F)c(F)c(F)c2F)=NP(N(C)/N=C/c2c(F)c(F)c(F)c(F)c2F)(N(C)/N=C/c2c(F)c(F)c(F)c(F)c2F)=N1. The van der Waals surface area contributed by atoms with Crippen molar-refractivity contribution >= 4 is 59.8 Å². The highest BCUT2D eigenvalue weighted by Crippen LogP contribution is 2.83. The maximum Gasteiger partial charge on any atom is 0.304 e. The van der Waals surface area contributed by atoms with E-state index in [0.29, 0.717) is 42.3 Å². The summed E-state index contributed by atoms with van der Waals surface area (Å²) in [7, 11) is -16.8. The van der Waals surface area contributed by atoms with E-state index in [1.807, 2.05) is 0 Å². The Kier molecular flexibility index (Phi) is 21.2. The van der Waals surface area contributed by atoms with Crippen LogP contribution in [0.25, 0.3) is 0 Å². The van der Waals surface area contributed by atoms with E-state index < -0.39 is 268 Å². The zero-order valence-corrected chi connectivity index (χ0v) is 49.5. The van der Waals surface area contributed by atoms with Crippen LogP contribution in [0.3, 0.4) is 0 Å². The first-order valence-electron chi connectivity index (χ1n) is 24.2. The van der Waals surface area contributed by atoms with Gasteiger partial charge >= 0.3 is 22.5 Å². The molecule has 48 heteroatoms. The van der Waals surface area contributed by atoms with Gasteiger partial charge in [-0.3, -0.25) is 0 Å². The summed E-state index contributed by atoms with van der Waals surface area (Å²) in [5.41, 5.74) is -12.9. The Bertz CT molecular complexity index is 3730. The lowest BCUT2D eigenvalue weighted by Gasteiger charge is -2.46. The first-order chi connectivity index (χ1) is 44.5. The van der Waals surface area contributed by atoms with Crippen molar-refractivity contribution in [1.82, 2.24) is 28.7 Å². The van der Waals surface area contributed by atoms with Gasteiger partial charge in [0, 0.05) is 42.3 Å². The maximum atomic E-state index is 15.5. The third-order valence-electron chi connectivity index (χ3n) is 12.6. The van der Waals surface area contributed by atoms with Gasteiger partial charge in [-0.15, -0.1) is 0 Å². The summed E-state index contributed by atoms with van der Waals surface area (Å²) in [5.74, 6) is -84.5. The van der Waals surface area contributed by atoms with Crippen molar-refractivity contribution in [2.75, 3.05) is 42.3 Å². The van der Waals surface area contributed by atoms with Crippen LogP contribution in [-0.2, 0) is 0 Å². The molecule has 96 heavy (non-hydrogen) atoms. The van der Waals surface area contributed by atoms with E-state index in [1.54, 1.807) is 0 Å². The van der Waals surface area contributed by atoms with Crippen LogP contribution in [0.1, 0.15) is 33.4 Å². The van der Waals surface area contributed by atoms with Gasteiger partial charge in [-0.1, -0.05) is 0 Å². The summed E-state index contributed by atoms with van der Waals surface area (Å²) in [6.07, 6.45) is -2.40. The van der Waals surface area contributed by atoms with E-state index in [2.05, 4.69) is 44.2 Å². The van der Waals surface area contributed by atoms with Crippen LogP contribution < -0.4 is 0 Å².